The first-order chi connectivity index (χ1) is 5.52. The largest absolute Gasteiger partial charge is 0.472 e. The Bertz CT molecular complexity index is 315. The fourth-order valence-corrected chi connectivity index (χ4v) is 1.91. The molecule has 0 amide bonds. The van der Waals surface area contributed by atoms with Crippen molar-refractivity contribution in [3.8, 4) is 0 Å². The lowest BCUT2D eigenvalue weighted by molar-refractivity contribution is 0.106. The van der Waals surface area contributed by atoms with Gasteiger partial charge in [0, 0.05) is 0 Å². The fraction of sp³-hybridized carbons (Fsp3) is 1.00. The number of nitrogens with two attached hydrogens (primary N) is 1. The second-order valence-electron chi connectivity index (χ2n) is 2.22. The van der Waals surface area contributed by atoms with Crippen LogP contribution in [0.3, 0.4) is 0 Å². The minimum absolute atomic E-state index is 0.755. The molecule has 0 saturated heterocycles. The summed E-state index contributed by atoms with van der Waals surface area (Å²) < 4.78 is 39.8. The number of hydrogen-bond donors (Lipinski definition) is 3. The molecule has 4 N–H and O–H groups in total. The van der Waals surface area contributed by atoms with Gasteiger partial charge in [-0.25, -0.2) is 9.09 Å². The maximum absolute atomic E-state index is 10.9. The molecule has 10 heteroatoms. The molecule has 0 spiro atoms. The number of phosphoric acid groups is 1. The molecule has 1 atom stereocenters. The van der Waals surface area contributed by atoms with Crippen LogP contribution in [0.1, 0.15) is 6.92 Å². The summed E-state index contributed by atoms with van der Waals surface area (Å²) in [4.78, 5) is 16.6. The van der Waals surface area contributed by atoms with Gasteiger partial charge in [-0.1, -0.05) is 0 Å². The van der Waals surface area contributed by atoms with Crippen LogP contribution in [0.4, 0.5) is 0 Å². The van der Waals surface area contributed by atoms with Crippen LogP contribution in [-0.4, -0.2) is 30.4 Å². The molecule has 1 unspecified atom stereocenters. The summed E-state index contributed by atoms with van der Waals surface area (Å²) in [6.45, 7) is 0.755. The lowest BCUT2D eigenvalue weighted by Gasteiger charge is -2.22. The standard InChI is InChI=1S/C3H10NO7PS/c1-3(4,11-12(5,6)7)13(8,9)10-2/h4H2,1-2H3,(H2,5,6,7). The van der Waals surface area contributed by atoms with E-state index in [0.29, 0.717) is 0 Å². The molecule has 0 aromatic carbocycles. The van der Waals surface area contributed by atoms with E-state index in [0.717, 1.165) is 14.0 Å². The van der Waals surface area contributed by atoms with Crippen molar-refractivity contribution in [2.75, 3.05) is 7.11 Å². The van der Waals surface area contributed by atoms with Crippen LogP contribution in [-0.2, 0) is 23.4 Å². The van der Waals surface area contributed by atoms with Gasteiger partial charge in [-0.2, -0.15) is 8.42 Å². The van der Waals surface area contributed by atoms with E-state index in [2.05, 4.69) is 8.71 Å². The van der Waals surface area contributed by atoms with E-state index in [1.54, 1.807) is 0 Å². The Morgan fingerprint density at radius 1 is 1.46 bits per heavy atom. The highest BCUT2D eigenvalue weighted by Gasteiger charge is 2.42. The highest BCUT2D eigenvalue weighted by Crippen LogP contribution is 2.41. The van der Waals surface area contributed by atoms with Gasteiger partial charge in [-0.15, -0.1) is 0 Å². The maximum Gasteiger partial charge on any atom is 0.472 e. The molecule has 0 aliphatic rings. The predicted molar refractivity (Wildman–Crippen MR) is 41.7 cm³/mol. The maximum atomic E-state index is 10.9. The van der Waals surface area contributed by atoms with Crippen LogP contribution in [0.15, 0.2) is 0 Å². The highest BCUT2D eigenvalue weighted by molar-refractivity contribution is 7.88. The molecule has 0 aromatic heterocycles. The quantitative estimate of drug-likeness (QED) is 0.311. The lowest BCUT2D eigenvalue weighted by atomic mass is 10.7. The van der Waals surface area contributed by atoms with Crippen molar-refractivity contribution in [3.05, 3.63) is 0 Å². The zero-order valence-corrected chi connectivity index (χ0v) is 8.58. The Balaban J connectivity index is 4.90. The predicted octanol–water partition coefficient (Wildman–Crippen LogP) is -1.30. The van der Waals surface area contributed by atoms with Gasteiger partial charge in [0.25, 0.3) is 5.06 Å². The zero-order chi connectivity index (χ0) is 10.9. The molecule has 0 saturated carbocycles. The Labute approximate surface area is 75.0 Å². The summed E-state index contributed by atoms with van der Waals surface area (Å²) in [5, 5.41) is -2.58. The molecule has 0 aliphatic carbocycles. The molecule has 0 heterocycles. The molecule has 13 heavy (non-hydrogen) atoms. The van der Waals surface area contributed by atoms with Crippen molar-refractivity contribution in [1.29, 1.82) is 0 Å². The van der Waals surface area contributed by atoms with Gasteiger partial charge in [0.1, 0.15) is 0 Å². The molecular weight excluding hydrogens is 225 g/mol. The second-order valence-corrected chi connectivity index (χ2v) is 5.43. The minimum Gasteiger partial charge on any atom is -0.303 e. The Morgan fingerprint density at radius 3 is 2.08 bits per heavy atom. The monoisotopic (exact) mass is 235 g/mol. The first-order valence-electron chi connectivity index (χ1n) is 2.87. The van der Waals surface area contributed by atoms with Crippen LogP contribution in [0.2, 0.25) is 0 Å². The van der Waals surface area contributed by atoms with E-state index < -0.39 is 23.0 Å². The zero-order valence-electron chi connectivity index (χ0n) is 6.87. The van der Waals surface area contributed by atoms with E-state index >= 15 is 0 Å². The molecule has 0 rings (SSSR count). The lowest BCUT2D eigenvalue weighted by Crippen LogP contribution is -2.47. The van der Waals surface area contributed by atoms with Crippen molar-refractivity contribution in [1.82, 2.24) is 0 Å². The summed E-state index contributed by atoms with van der Waals surface area (Å²) in [5.74, 6) is 0. The van der Waals surface area contributed by atoms with Gasteiger partial charge in [0.05, 0.1) is 7.11 Å². The van der Waals surface area contributed by atoms with E-state index in [4.69, 9.17) is 15.5 Å². The average molecular weight is 235 g/mol. The highest BCUT2D eigenvalue weighted by atomic mass is 32.2. The SMILES string of the molecule is COS(=O)(=O)C(C)(N)OP(=O)(O)O. The van der Waals surface area contributed by atoms with Crippen molar-refractivity contribution in [2.45, 2.75) is 12.0 Å². The van der Waals surface area contributed by atoms with Crippen LogP contribution in [0, 0.1) is 0 Å². The van der Waals surface area contributed by atoms with Crippen LogP contribution >= 0.6 is 7.82 Å². The third kappa shape index (κ3) is 3.69. The first kappa shape index (κ1) is 13.0. The normalized spacial score (nSPS) is 18.2. The molecule has 0 aliphatic heterocycles. The smallest absolute Gasteiger partial charge is 0.303 e. The fourth-order valence-electron chi connectivity index (χ4n) is 0.447. The van der Waals surface area contributed by atoms with E-state index in [9.17, 15) is 13.0 Å². The van der Waals surface area contributed by atoms with Gasteiger partial charge < -0.3 is 9.79 Å². The van der Waals surface area contributed by atoms with Gasteiger partial charge in [0.15, 0.2) is 0 Å². The van der Waals surface area contributed by atoms with Gasteiger partial charge >= 0.3 is 17.9 Å². The minimum atomic E-state index is -4.98. The van der Waals surface area contributed by atoms with E-state index in [1.807, 2.05) is 0 Å². The molecule has 0 fully saturated rings. The molecule has 80 valence electrons. The third-order valence-corrected chi connectivity index (χ3v) is 3.27. The van der Waals surface area contributed by atoms with Crippen molar-refractivity contribution in [3.63, 3.8) is 0 Å². The van der Waals surface area contributed by atoms with Crippen molar-refractivity contribution < 1.29 is 31.5 Å². The van der Waals surface area contributed by atoms with Gasteiger partial charge in [-0.3, -0.25) is 9.92 Å². The first-order valence-corrected chi connectivity index (χ1v) is 5.81. The summed E-state index contributed by atoms with van der Waals surface area (Å²) in [6.07, 6.45) is 0. The molecule has 0 bridgehead atoms. The topological polar surface area (TPSA) is 136 Å². The number of hydrogen-bond acceptors (Lipinski definition) is 6. The summed E-state index contributed by atoms with van der Waals surface area (Å²) in [6, 6.07) is 0. The van der Waals surface area contributed by atoms with E-state index in [-0.39, 0.29) is 0 Å². The van der Waals surface area contributed by atoms with E-state index in [1.165, 1.54) is 0 Å². The Hall–Kier alpha value is -0.0200. The molecule has 8 nitrogen and oxygen atoms in total. The van der Waals surface area contributed by atoms with Gasteiger partial charge in [0.2, 0.25) is 0 Å². The van der Waals surface area contributed by atoms with Crippen molar-refractivity contribution in [2.24, 2.45) is 5.73 Å². The average Bonchev–Trinajstić information content (AvgIpc) is 1.81. The Kier molecular flexibility index (Phi) is 3.61. The summed E-state index contributed by atoms with van der Waals surface area (Å²) in [5.41, 5.74) is 4.96. The Morgan fingerprint density at radius 2 is 1.85 bits per heavy atom. The van der Waals surface area contributed by atoms with Crippen molar-refractivity contribution >= 4 is 17.9 Å². The van der Waals surface area contributed by atoms with Crippen LogP contribution in [0.25, 0.3) is 0 Å². The molecule has 0 radical (unpaired) electrons. The molecular formula is C3H10NO7PS. The molecule has 0 aromatic rings. The second kappa shape index (κ2) is 3.62. The van der Waals surface area contributed by atoms with Gasteiger partial charge in [-0.05, 0) is 6.92 Å². The summed E-state index contributed by atoms with van der Waals surface area (Å²) >= 11 is 0. The van der Waals surface area contributed by atoms with Crippen LogP contribution in [0.5, 0.6) is 0 Å². The summed E-state index contributed by atoms with van der Waals surface area (Å²) in [7, 11) is -8.55. The van der Waals surface area contributed by atoms with Crippen LogP contribution < -0.4 is 5.73 Å². The number of phosphoric ester groups is 1. The number of rotatable bonds is 4. The third-order valence-electron chi connectivity index (χ3n) is 1.02.